The Bertz CT molecular complexity index is 837. The topological polar surface area (TPSA) is 125 Å². The van der Waals surface area contributed by atoms with E-state index in [-0.39, 0.29) is 86.2 Å². The quantitative estimate of drug-likeness (QED) is 0.0490. The number of esters is 2. The van der Waals surface area contributed by atoms with Gasteiger partial charge < -0.3 is 28.3 Å². The molecule has 0 aromatic rings. The van der Waals surface area contributed by atoms with Crippen molar-refractivity contribution in [2.75, 3.05) is 13.2 Å². The van der Waals surface area contributed by atoms with Crippen LogP contribution in [0.3, 0.4) is 0 Å². The maximum absolute atomic E-state index is 12.0. The Morgan fingerprint density at radius 2 is 1.39 bits per heavy atom. The van der Waals surface area contributed by atoms with Crippen LogP contribution in [0.2, 0.25) is 0 Å². The second kappa shape index (κ2) is 29.6. The molecule has 0 unspecified atom stereocenters. The molecule has 0 aromatic heterocycles. The van der Waals surface area contributed by atoms with Crippen LogP contribution >= 0.6 is 21.3 Å². The van der Waals surface area contributed by atoms with Crippen molar-refractivity contribution in [2.45, 2.75) is 90.6 Å². The molecular formula is C24H45Na2O8PS. The van der Waals surface area contributed by atoms with Crippen molar-refractivity contribution in [3.63, 3.8) is 0 Å². The standard InChI is InChI=1S/C24H35O8P.2Na.H2S.5H2/c1-3-5-7-9-10-11-12-13-15-17-19-24(26)32-22(21-31-33(27,28)29)20-30-23(25)18-16-14-8-6-4-2;;;;;;;;/h22H,3,5,7,9-13,15,17,19-21H2,1-2H3,(H2,27,28,29);;;1H2;5*1H/q;2*+1;;;;;;/p-2/t22-;;;;;;;;/m1......../s1. The third kappa shape index (κ3) is 32.1. The fraction of sp³-hybridized carbons (Fsp3) is 0.667. The van der Waals surface area contributed by atoms with Crippen LogP contribution in [0.1, 0.15) is 91.6 Å². The number of rotatable bonds is 17. The van der Waals surface area contributed by atoms with Gasteiger partial charge in [-0.25, -0.2) is 4.79 Å². The monoisotopic (exact) mass is 570 g/mol. The van der Waals surface area contributed by atoms with E-state index in [4.69, 9.17) is 9.47 Å². The van der Waals surface area contributed by atoms with Gasteiger partial charge in [-0.3, -0.25) is 4.79 Å². The molecule has 12 heteroatoms. The average Bonchev–Trinajstić information content (AvgIpc) is 2.76. The summed E-state index contributed by atoms with van der Waals surface area (Å²) in [6, 6.07) is 0. The molecule has 0 heterocycles. The smallest absolute Gasteiger partial charge is 0.790 e. The normalized spacial score (nSPS) is 10.1. The number of carbonyl (C=O) groups excluding carboxylic acids is 2. The summed E-state index contributed by atoms with van der Waals surface area (Å²) in [5.41, 5.74) is 0. The zero-order valence-corrected chi connectivity index (χ0v) is 27.9. The molecule has 0 aromatic carbocycles. The molecule has 36 heavy (non-hydrogen) atoms. The first-order chi connectivity index (χ1) is 15.8. The zero-order chi connectivity index (χ0) is 24.8. The van der Waals surface area contributed by atoms with Gasteiger partial charge in [0.15, 0.2) is 6.10 Å². The van der Waals surface area contributed by atoms with Gasteiger partial charge in [0, 0.05) is 19.5 Å². The van der Waals surface area contributed by atoms with Crippen LogP contribution in [0.25, 0.3) is 0 Å². The summed E-state index contributed by atoms with van der Waals surface area (Å²) in [6.07, 6.45) is 9.98. The van der Waals surface area contributed by atoms with Gasteiger partial charge in [-0.15, -0.1) is 0 Å². The van der Waals surface area contributed by atoms with Gasteiger partial charge in [0.05, 0.1) is 14.4 Å². The second-order valence-corrected chi connectivity index (χ2v) is 8.41. The van der Waals surface area contributed by atoms with E-state index in [9.17, 15) is 23.9 Å². The van der Waals surface area contributed by atoms with Crippen molar-refractivity contribution >= 4 is 33.3 Å². The molecule has 0 radical (unpaired) electrons. The van der Waals surface area contributed by atoms with E-state index in [2.05, 4.69) is 47.0 Å². The van der Waals surface area contributed by atoms with Gasteiger partial charge in [0.25, 0.3) is 0 Å². The Morgan fingerprint density at radius 3 is 1.92 bits per heavy atom. The predicted molar refractivity (Wildman–Crippen MR) is 141 cm³/mol. The van der Waals surface area contributed by atoms with Crippen LogP contribution < -0.4 is 68.9 Å². The van der Waals surface area contributed by atoms with Gasteiger partial charge in [-0.2, -0.15) is 13.5 Å². The summed E-state index contributed by atoms with van der Waals surface area (Å²) in [7, 11) is -5.28. The fourth-order valence-corrected chi connectivity index (χ4v) is 3.05. The molecule has 202 valence electrons. The second-order valence-electron chi connectivity index (χ2n) is 7.26. The van der Waals surface area contributed by atoms with Crippen molar-refractivity contribution in [1.82, 2.24) is 0 Å². The summed E-state index contributed by atoms with van der Waals surface area (Å²) >= 11 is 0. The van der Waals surface area contributed by atoms with Gasteiger partial charge in [0.2, 0.25) is 0 Å². The van der Waals surface area contributed by atoms with E-state index in [0.717, 1.165) is 19.3 Å². The van der Waals surface area contributed by atoms with Gasteiger partial charge in [0.1, 0.15) is 6.61 Å². The largest absolute Gasteiger partial charge is 1.00 e. The summed E-state index contributed by atoms with van der Waals surface area (Å²) in [6.45, 7) is 2.52. The minimum absolute atomic E-state index is 0. The Kier molecular flexibility index (Phi) is 35.5. The van der Waals surface area contributed by atoms with E-state index in [1.165, 1.54) is 38.5 Å². The number of unbranched alkanes of at least 4 members (excludes halogenated alkanes) is 9. The SMILES string of the molecule is CC#CC#CC#CC(=O)OC[C@H](COP(=O)([O-])[O-])OC(=O)CCCCCCCCCCCC.S.[HH].[HH].[HH].[HH].[HH].[Na+].[Na+]. The molecule has 0 saturated heterocycles. The molecule has 0 saturated carbocycles. The maximum Gasteiger partial charge on any atom is 1.00 e. The van der Waals surface area contributed by atoms with Crippen LogP contribution in [-0.4, -0.2) is 31.3 Å². The van der Waals surface area contributed by atoms with Crippen LogP contribution in [0.4, 0.5) is 0 Å². The summed E-state index contributed by atoms with van der Waals surface area (Å²) in [4.78, 5) is 45.0. The molecule has 0 aliphatic carbocycles. The van der Waals surface area contributed by atoms with Crippen molar-refractivity contribution in [1.29, 1.82) is 0 Å². The summed E-state index contributed by atoms with van der Waals surface area (Å²) in [5, 5.41) is 0. The van der Waals surface area contributed by atoms with Crippen molar-refractivity contribution < 1.29 is 104 Å². The van der Waals surface area contributed by atoms with Gasteiger partial charge in [-0.1, -0.05) is 70.6 Å². The number of hydrogen-bond acceptors (Lipinski definition) is 8. The van der Waals surface area contributed by atoms with Gasteiger partial charge >= 0.3 is 71.1 Å². The molecule has 8 nitrogen and oxygen atoms in total. The number of phosphoric acid groups is 1. The number of carbonyl (C=O) groups is 2. The Balaban J connectivity index is -0.000000183. The van der Waals surface area contributed by atoms with E-state index in [1.54, 1.807) is 6.92 Å². The third-order valence-electron chi connectivity index (χ3n) is 4.33. The Hall–Kier alpha value is 0.0800. The van der Waals surface area contributed by atoms with Crippen LogP contribution in [0, 0.1) is 35.5 Å². The van der Waals surface area contributed by atoms with Crippen molar-refractivity contribution in [3.8, 4) is 35.5 Å². The molecule has 0 aliphatic heterocycles. The minimum Gasteiger partial charge on any atom is -0.790 e. The molecule has 0 amide bonds. The van der Waals surface area contributed by atoms with E-state index in [0.29, 0.717) is 6.42 Å². The Labute approximate surface area is 274 Å². The average molecular weight is 571 g/mol. The maximum atomic E-state index is 12.0. The van der Waals surface area contributed by atoms with E-state index in [1.807, 2.05) is 0 Å². The predicted octanol–water partition coefficient (Wildman–Crippen LogP) is -2.02. The van der Waals surface area contributed by atoms with Crippen molar-refractivity contribution in [3.05, 3.63) is 0 Å². The molecule has 0 N–H and O–H groups in total. The number of phosphoric ester groups is 1. The van der Waals surface area contributed by atoms with Crippen molar-refractivity contribution in [2.24, 2.45) is 0 Å². The van der Waals surface area contributed by atoms with E-state index >= 15 is 0 Å². The molecular weight excluding hydrogens is 525 g/mol. The van der Waals surface area contributed by atoms with Gasteiger partial charge in [-0.05, 0) is 37.0 Å². The molecule has 0 fully saturated rings. The number of hydrogen-bond donors (Lipinski definition) is 0. The molecule has 0 aliphatic rings. The van der Waals surface area contributed by atoms with Crippen LogP contribution in [0.15, 0.2) is 0 Å². The minimum atomic E-state index is -5.28. The molecule has 0 rings (SSSR count). The molecule has 0 spiro atoms. The first-order valence-corrected chi connectivity index (χ1v) is 12.7. The zero-order valence-electron chi connectivity index (χ0n) is 22.0. The first-order valence-electron chi connectivity index (χ1n) is 11.2. The Morgan fingerprint density at radius 1 is 0.861 bits per heavy atom. The fourth-order valence-electron chi connectivity index (χ4n) is 2.70. The summed E-state index contributed by atoms with van der Waals surface area (Å²) < 4.78 is 24.8. The third-order valence-corrected chi connectivity index (χ3v) is 4.79. The molecule has 1 atom stereocenters. The summed E-state index contributed by atoms with van der Waals surface area (Å²) in [5.74, 6) is 12.4. The first kappa shape index (κ1) is 43.1. The van der Waals surface area contributed by atoms with Crippen LogP contribution in [0.5, 0.6) is 0 Å². The van der Waals surface area contributed by atoms with E-state index < -0.39 is 39.1 Å². The molecule has 0 bridgehead atoms. The van der Waals surface area contributed by atoms with Crippen LogP contribution in [-0.2, 0) is 28.2 Å². The number of ether oxygens (including phenoxy) is 2.